The van der Waals surface area contributed by atoms with Gasteiger partial charge < -0.3 is 10.5 Å². The van der Waals surface area contributed by atoms with Gasteiger partial charge in [-0.3, -0.25) is 0 Å². The number of halogens is 3. The van der Waals surface area contributed by atoms with E-state index in [0.717, 1.165) is 11.1 Å². The number of nitrogen functional groups attached to an aromatic ring is 1. The summed E-state index contributed by atoms with van der Waals surface area (Å²) in [7, 11) is 1.54. The quantitative estimate of drug-likeness (QED) is 0.800. The Morgan fingerprint density at radius 3 is 2.28 bits per heavy atom. The lowest BCUT2D eigenvalue weighted by atomic mass is 10.0. The highest BCUT2D eigenvalue weighted by atomic mass is 35.5. The topological polar surface area (TPSA) is 35.2 Å². The van der Waals surface area contributed by atoms with E-state index in [0.29, 0.717) is 26.5 Å². The van der Waals surface area contributed by atoms with Gasteiger partial charge in [-0.05, 0) is 23.8 Å². The van der Waals surface area contributed by atoms with E-state index >= 15 is 0 Å². The molecule has 2 aromatic carbocycles. The first kappa shape index (κ1) is 13.3. The molecular weight excluding hydrogens is 293 g/mol. The number of benzene rings is 2. The van der Waals surface area contributed by atoms with Crippen molar-refractivity contribution in [2.45, 2.75) is 0 Å². The molecule has 0 bridgehead atoms. The smallest absolute Gasteiger partial charge is 0.138 e. The van der Waals surface area contributed by atoms with Crippen LogP contribution in [0.4, 0.5) is 5.69 Å². The Bertz CT molecular complexity index is 599. The largest absolute Gasteiger partial charge is 0.495 e. The lowest BCUT2D eigenvalue weighted by Crippen LogP contribution is -1.89. The molecule has 0 saturated heterocycles. The van der Waals surface area contributed by atoms with Crippen LogP contribution in [0.3, 0.4) is 0 Å². The summed E-state index contributed by atoms with van der Waals surface area (Å²) in [4.78, 5) is 0. The molecule has 0 amide bonds. The second kappa shape index (κ2) is 5.27. The van der Waals surface area contributed by atoms with Crippen LogP contribution in [0.15, 0.2) is 30.3 Å². The van der Waals surface area contributed by atoms with Crippen molar-refractivity contribution in [1.29, 1.82) is 0 Å². The normalized spacial score (nSPS) is 10.4. The van der Waals surface area contributed by atoms with Gasteiger partial charge in [-0.15, -0.1) is 0 Å². The average molecular weight is 303 g/mol. The molecule has 94 valence electrons. The third-order valence-corrected chi connectivity index (χ3v) is 3.50. The summed E-state index contributed by atoms with van der Waals surface area (Å²) in [5, 5.41) is 1.54. The molecule has 0 atom stereocenters. The van der Waals surface area contributed by atoms with Gasteiger partial charge in [-0.1, -0.05) is 40.9 Å². The van der Waals surface area contributed by atoms with Gasteiger partial charge in [0.1, 0.15) is 5.75 Å². The predicted molar refractivity (Wildman–Crippen MR) is 77.9 cm³/mol. The van der Waals surface area contributed by atoms with Gasteiger partial charge in [0, 0.05) is 11.6 Å². The molecule has 0 unspecified atom stereocenters. The van der Waals surface area contributed by atoms with Crippen molar-refractivity contribution in [3.05, 3.63) is 45.4 Å². The lowest BCUT2D eigenvalue weighted by molar-refractivity contribution is 0.415. The van der Waals surface area contributed by atoms with Crippen LogP contribution in [0, 0.1) is 0 Å². The first-order valence-electron chi connectivity index (χ1n) is 5.11. The van der Waals surface area contributed by atoms with Crippen LogP contribution in [0.1, 0.15) is 0 Å². The second-order valence-corrected chi connectivity index (χ2v) is 4.92. The summed E-state index contributed by atoms with van der Waals surface area (Å²) < 4.78 is 5.10. The minimum absolute atomic E-state index is 0.491. The Labute approximate surface area is 120 Å². The van der Waals surface area contributed by atoms with Gasteiger partial charge in [-0.25, -0.2) is 0 Å². The number of methoxy groups -OCH3 is 1. The van der Waals surface area contributed by atoms with Crippen LogP contribution in [-0.4, -0.2) is 7.11 Å². The summed E-state index contributed by atoms with van der Waals surface area (Å²) >= 11 is 18.2. The van der Waals surface area contributed by atoms with E-state index in [1.807, 2.05) is 6.07 Å². The van der Waals surface area contributed by atoms with E-state index in [1.165, 1.54) is 7.11 Å². The molecule has 0 aliphatic heterocycles. The van der Waals surface area contributed by atoms with Gasteiger partial charge in [0.05, 0.1) is 27.9 Å². The van der Waals surface area contributed by atoms with E-state index in [-0.39, 0.29) is 0 Å². The fourth-order valence-electron chi connectivity index (χ4n) is 1.62. The summed E-state index contributed by atoms with van der Waals surface area (Å²) in [5.41, 5.74) is 7.90. The second-order valence-electron chi connectivity index (χ2n) is 3.70. The Morgan fingerprint density at radius 1 is 0.944 bits per heavy atom. The Hall–Kier alpha value is -1.09. The number of rotatable bonds is 2. The maximum absolute atomic E-state index is 6.19. The molecule has 2 rings (SSSR count). The van der Waals surface area contributed by atoms with E-state index in [4.69, 9.17) is 45.3 Å². The molecule has 0 spiro atoms. The summed E-state index contributed by atoms with van der Waals surface area (Å²) in [6, 6.07) is 8.73. The lowest BCUT2D eigenvalue weighted by Gasteiger charge is -2.10. The SMILES string of the molecule is COc1cc(Cl)c(-c2ccc(Cl)c(N)c2)cc1Cl. The Kier molecular flexibility index (Phi) is 3.91. The van der Waals surface area contributed by atoms with Crippen LogP contribution in [0.5, 0.6) is 5.75 Å². The predicted octanol–water partition coefficient (Wildman–Crippen LogP) is 4.90. The number of ether oxygens (including phenoxy) is 1. The number of hydrogen-bond donors (Lipinski definition) is 1. The van der Waals surface area contributed by atoms with Crippen molar-refractivity contribution in [3.8, 4) is 16.9 Å². The van der Waals surface area contributed by atoms with Gasteiger partial charge in [0.15, 0.2) is 0 Å². The van der Waals surface area contributed by atoms with Crippen molar-refractivity contribution >= 4 is 40.5 Å². The van der Waals surface area contributed by atoms with Crippen LogP contribution in [0.2, 0.25) is 15.1 Å². The van der Waals surface area contributed by atoms with E-state index < -0.39 is 0 Å². The molecule has 0 saturated carbocycles. The van der Waals surface area contributed by atoms with Crippen LogP contribution in [-0.2, 0) is 0 Å². The highest BCUT2D eigenvalue weighted by Crippen LogP contribution is 2.37. The van der Waals surface area contributed by atoms with Crippen molar-refractivity contribution in [2.75, 3.05) is 12.8 Å². The van der Waals surface area contributed by atoms with Gasteiger partial charge in [0.2, 0.25) is 0 Å². The average Bonchev–Trinajstić information content (AvgIpc) is 2.35. The summed E-state index contributed by atoms with van der Waals surface area (Å²) in [6.07, 6.45) is 0. The van der Waals surface area contributed by atoms with Crippen LogP contribution < -0.4 is 10.5 Å². The number of hydrogen-bond acceptors (Lipinski definition) is 2. The Balaban J connectivity index is 2.57. The summed E-state index contributed by atoms with van der Waals surface area (Å²) in [5.74, 6) is 0.535. The van der Waals surface area contributed by atoms with Gasteiger partial charge in [-0.2, -0.15) is 0 Å². The molecule has 18 heavy (non-hydrogen) atoms. The molecule has 2 nitrogen and oxygen atoms in total. The van der Waals surface area contributed by atoms with Crippen molar-refractivity contribution in [3.63, 3.8) is 0 Å². The highest BCUT2D eigenvalue weighted by Gasteiger charge is 2.10. The zero-order valence-electron chi connectivity index (χ0n) is 9.51. The van der Waals surface area contributed by atoms with Crippen molar-refractivity contribution in [1.82, 2.24) is 0 Å². The van der Waals surface area contributed by atoms with E-state index in [1.54, 1.807) is 24.3 Å². The third-order valence-electron chi connectivity index (χ3n) is 2.55. The van der Waals surface area contributed by atoms with Gasteiger partial charge >= 0.3 is 0 Å². The maximum Gasteiger partial charge on any atom is 0.138 e. The standard InChI is InChI=1S/C13H10Cl3NO/c1-18-13-6-10(15)8(5-11(13)16)7-2-3-9(14)12(17)4-7/h2-6H,17H2,1H3. The number of anilines is 1. The van der Waals surface area contributed by atoms with Crippen molar-refractivity contribution < 1.29 is 4.74 Å². The first-order chi connectivity index (χ1) is 8.52. The molecule has 5 heteroatoms. The zero-order valence-corrected chi connectivity index (χ0v) is 11.8. The molecule has 2 aromatic rings. The molecular formula is C13H10Cl3NO. The van der Waals surface area contributed by atoms with Crippen molar-refractivity contribution in [2.24, 2.45) is 0 Å². The molecule has 0 heterocycles. The fourth-order valence-corrected chi connectivity index (χ4v) is 2.24. The molecule has 0 aliphatic carbocycles. The molecule has 0 aliphatic rings. The minimum Gasteiger partial charge on any atom is -0.495 e. The zero-order chi connectivity index (χ0) is 13.3. The molecule has 0 fully saturated rings. The molecule has 0 aromatic heterocycles. The molecule has 0 radical (unpaired) electrons. The van der Waals surface area contributed by atoms with Gasteiger partial charge in [0.25, 0.3) is 0 Å². The highest BCUT2D eigenvalue weighted by molar-refractivity contribution is 6.36. The minimum atomic E-state index is 0.491. The van der Waals surface area contributed by atoms with Crippen LogP contribution in [0.25, 0.3) is 11.1 Å². The Morgan fingerprint density at radius 2 is 1.67 bits per heavy atom. The maximum atomic E-state index is 6.19. The van der Waals surface area contributed by atoms with Crippen LogP contribution >= 0.6 is 34.8 Å². The summed E-state index contributed by atoms with van der Waals surface area (Å²) in [6.45, 7) is 0. The van der Waals surface area contributed by atoms with E-state index in [9.17, 15) is 0 Å². The molecule has 2 N–H and O–H groups in total. The third kappa shape index (κ3) is 2.51. The monoisotopic (exact) mass is 301 g/mol. The first-order valence-corrected chi connectivity index (χ1v) is 6.24. The number of nitrogens with two attached hydrogens (primary N) is 1. The van der Waals surface area contributed by atoms with E-state index in [2.05, 4.69) is 0 Å². The fraction of sp³-hybridized carbons (Fsp3) is 0.0769.